The molecule has 0 bridgehead atoms. The second kappa shape index (κ2) is 9.87. The number of nitrogens with one attached hydrogen (secondary N) is 3. The largest absolute Gasteiger partial charge is 0.453 e. The molecule has 9 heteroatoms. The van der Waals surface area contributed by atoms with Gasteiger partial charge in [0, 0.05) is 23.9 Å². The standard InChI is InChI=1S/C21H20N4O5/c1-29-21(28)24-16-9-7-14(8-10-16)12-22-19(26)13-23-20(27)17-11-18(30-25-17)15-5-3-2-4-6-15/h2-11H,12-13H2,1H3,(H,22,26)(H,23,27)(H,24,28). The van der Waals surface area contributed by atoms with Gasteiger partial charge in [0.25, 0.3) is 5.91 Å². The second-order valence-corrected chi connectivity index (χ2v) is 6.22. The lowest BCUT2D eigenvalue weighted by Gasteiger charge is -2.07. The van der Waals surface area contributed by atoms with Gasteiger partial charge >= 0.3 is 6.09 Å². The Labute approximate surface area is 172 Å². The molecule has 154 valence electrons. The molecule has 9 nitrogen and oxygen atoms in total. The SMILES string of the molecule is COC(=O)Nc1ccc(CNC(=O)CNC(=O)c2cc(-c3ccccc3)on2)cc1. The van der Waals surface area contributed by atoms with E-state index in [1.165, 1.54) is 13.2 Å². The van der Waals surface area contributed by atoms with Crippen LogP contribution in [0.2, 0.25) is 0 Å². The van der Waals surface area contributed by atoms with Crippen molar-refractivity contribution in [2.24, 2.45) is 0 Å². The predicted octanol–water partition coefficient (Wildman–Crippen LogP) is 2.57. The van der Waals surface area contributed by atoms with Crippen LogP contribution in [0.4, 0.5) is 10.5 Å². The number of amides is 3. The number of hydrogen-bond acceptors (Lipinski definition) is 6. The number of anilines is 1. The van der Waals surface area contributed by atoms with Crippen molar-refractivity contribution in [1.82, 2.24) is 15.8 Å². The van der Waals surface area contributed by atoms with Gasteiger partial charge in [0.15, 0.2) is 11.5 Å². The normalized spacial score (nSPS) is 10.2. The number of ether oxygens (including phenoxy) is 1. The van der Waals surface area contributed by atoms with Crippen molar-refractivity contribution in [1.29, 1.82) is 0 Å². The third kappa shape index (κ3) is 5.68. The molecule has 3 amide bonds. The summed E-state index contributed by atoms with van der Waals surface area (Å²) in [5.74, 6) is -0.392. The molecule has 1 heterocycles. The maximum Gasteiger partial charge on any atom is 0.411 e. The number of rotatable bonds is 7. The highest BCUT2D eigenvalue weighted by molar-refractivity contribution is 5.95. The molecule has 3 rings (SSSR count). The van der Waals surface area contributed by atoms with Crippen LogP contribution in [0.5, 0.6) is 0 Å². The van der Waals surface area contributed by atoms with Gasteiger partial charge in [-0.15, -0.1) is 0 Å². The van der Waals surface area contributed by atoms with Crippen molar-refractivity contribution in [2.75, 3.05) is 19.0 Å². The highest BCUT2D eigenvalue weighted by atomic mass is 16.5. The number of carbonyl (C=O) groups is 3. The molecule has 0 saturated heterocycles. The van der Waals surface area contributed by atoms with Crippen molar-refractivity contribution in [3.8, 4) is 11.3 Å². The third-order valence-electron chi connectivity index (χ3n) is 4.09. The Balaban J connectivity index is 1.44. The minimum Gasteiger partial charge on any atom is -0.453 e. The summed E-state index contributed by atoms with van der Waals surface area (Å²) >= 11 is 0. The summed E-state index contributed by atoms with van der Waals surface area (Å²) in [6, 6.07) is 17.7. The summed E-state index contributed by atoms with van der Waals surface area (Å²) in [7, 11) is 1.28. The molecular formula is C21H20N4O5. The highest BCUT2D eigenvalue weighted by Crippen LogP contribution is 2.19. The van der Waals surface area contributed by atoms with Crippen molar-refractivity contribution in [3.63, 3.8) is 0 Å². The zero-order chi connectivity index (χ0) is 21.3. The molecule has 0 atom stereocenters. The van der Waals surface area contributed by atoms with E-state index in [0.29, 0.717) is 11.4 Å². The fraction of sp³-hybridized carbons (Fsp3) is 0.143. The van der Waals surface area contributed by atoms with Crippen LogP contribution in [0.25, 0.3) is 11.3 Å². The van der Waals surface area contributed by atoms with Crippen LogP contribution < -0.4 is 16.0 Å². The first kappa shape index (κ1) is 20.6. The van der Waals surface area contributed by atoms with E-state index < -0.39 is 12.0 Å². The molecule has 0 aliphatic carbocycles. The third-order valence-corrected chi connectivity index (χ3v) is 4.09. The van der Waals surface area contributed by atoms with Gasteiger partial charge in [-0.3, -0.25) is 14.9 Å². The minimum atomic E-state index is -0.560. The van der Waals surface area contributed by atoms with Gasteiger partial charge in [-0.25, -0.2) is 4.79 Å². The molecule has 1 aromatic heterocycles. The monoisotopic (exact) mass is 408 g/mol. The van der Waals surface area contributed by atoms with Crippen molar-refractivity contribution in [3.05, 3.63) is 71.9 Å². The molecule has 3 aromatic rings. The van der Waals surface area contributed by atoms with E-state index in [-0.39, 0.29) is 24.7 Å². The van der Waals surface area contributed by atoms with Gasteiger partial charge in [-0.1, -0.05) is 47.6 Å². The summed E-state index contributed by atoms with van der Waals surface area (Å²) < 4.78 is 9.69. The summed E-state index contributed by atoms with van der Waals surface area (Å²) in [6.07, 6.45) is -0.560. The van der Waals surface area contributed by atoms with Crippen molar-refractivity contribution in [2.45, 2.75) is 6.54 Å². The molecule has 0 saturated carbocycles. The van der Waals surface area contributed by atoms with Crippen LogP contribution in [0.1, 0.15) is 16.1 Å². The van der Waals surface area contributed by atoms with Crippen LogP contribution >= 0.6 is 0 Å². The Morgan fingerprint density at radius 2 is 1.73 bits per heavy atom. The molecule has 0 radical (unpaired) electrons. The summed E-state index contributed by atoms with van der Waals surface area (Å²) in [6.45, 7) is 0.0731. The number of carbonyl (C=O) groups excluding carboxylic acids is 3. The molecule has 0 aliphatic heterocycles. The van der Waals surface area contributed by atoms with Crippen LogP contribution in [0.15, 0.2) is 65.2 Å². The highest BCUT2D eigenvalue weighted by Gasteiger charge is 2.14. The number of aromatic nitrogens is 1. The van der Waals surface area contributed by atoms with E-state index in [9.17, 15) is 14.4 Å². The molecule has 3 N–H and O–H groups in total. The van der Waals surface area contributed by atoms with Crippen LogP contribution in [-0.4, -0.2) is 36.7 Å². The lowest BCUT2D eigenvalue weighted by molar-refractivity contribution is -0.120. The van der Waals surface area contributed by atoms with Gasteiger partial charge < -0.3 is 19.9 Å². The van der Waals surface area contributed by atoms with E-state index in [1.54, 1.807) is 24.3 Å². The number of nitrogens with zero attached hydrogens (tertiary/aromatic N) is 1. The molecule has 0 spiro atoms. The predicted molar refractivity (Wildman–Crippen MR) is 109 cm³/mol. The first-order valence-corrected chi connectivity index (χ1v) is 9.06. The van der Waals surface area contributed by atoms with E-state index in [2.05, 4.69) is 25.8 Å². The zero-order valence-corrected chi connectivity index (χ0v) is 16.2. The maximum atomic E-state index is 12.2. The van der Waals surface area contributed by atoms with E-state index in [1.807, 2.05) is 30.3 Å². The van der Waals surface area contributed by atoms with E-state index in [0.717, 1.165) is 11.1 Å². The molecule has 30 heavy (non-hydrogen) atoms. The molecular weight excluding hydrogens is 388 g/mol. The van der Waals surface area contributed by atoms with Crippen LogP contribution in [0, 0.1) is 0 Å². The Morgan fingerprint density at radius 3 is 2.43 bits per heavy atom. The molecule has 2 aromatic carbocycles. The summed E-state index contributed by atoms with van der Waals surface area (Å²) in [5, 5.41) is 11.5. The average Bonchev–Trinajstić information content (AvgIpc) is 3.28. The van der Waals surface area contributed by atoms with Gasteiger partial charge in [0.05, 0.1) is 13.7 Å². The Hall–Kier alpha value is -4.14. The quantitative estimate of drug-likeness (QED) is 0.552. The first-order valence-electron chi connectivity index (χ1n) is 9.06. The van der Waals surface area contributed by atoms with Crippen LogP contribution in [-0.2, 0) is 16.1 Å². The number of benzene rings is 2. The Morgan fingerprint density at radius 1 is 1.00 bits per heavy atom. The number of methoxy groups -OCH3 is 1. The zero-order valence-electron chi connectivity index (χ0n) is 16.2. The lowest BCUT2D eigenvalue weighted by atomic mass is 10.1. The second-order valence-electron chi connectivity index (χ2n) is 6.22. The maximum absolute atomic E-state index is 12.2. The van der Waals surface area contributed by atoms with Crippen LogP contribution in [0.3, 0.4) is 0 Å². The fourth-order valence-corrected chi connectivity index (χ4v) is 2.51. The molecule has 0 unspecified atom stereocenters. The Bertz CT molecular complexity index is 1020. The summed E-state index contributed by atoms with van der Waals surface area (Å²) in [5.41, 5.74) is 2.30. The van der Waals surface area contributed by atoms with Crippen molar-refractivity contribution < 1.29 is 23.6 Å². The topological polar surface area (TPSA) is 123 Å². The van der Waals surface area contributed by atoms with E-state index >= 15 is 0 Å². The summed E-state index contributed by atoms with van der Waals surface area (Å²) in [4.78, 5) is 35.3. The van der Waals surface area contributed by atoms with Gasteiger partial charge in [-0.05, 0) is 17.7 Å². The van der Waals surface area contributed by atoms with Gasteiger partial charge in [0.2, 0.25) is 5.91 Å². The fourth-order valence-electron chi connectivity index (χ4n) is 2.51. The van der Waals surface area contributed by atoms with Gasteiger partial charge in [0.1, 0.15) is 0 Å². The van der Waals surface area contributed by atoms with Crippen molar-refractivity contribution >= 4 is 23.6 Å². The van der Waals surface area contributed by atoms with E-state index in [4.69, 9.17) is 4.52 Å². The first-order chi connectivity index (χ1) is 14.5. The average molecular weight is 408 g/mol. The minimum absolute atomic E-state index is 0.0929. The lowest BCUT2D eigenvalue weighted by Crippen LogP contribution is -2.36. The molecule has 0 fully saturated rings. The number of hydrogen-bond donors (Lipinski definition) is 3. The van der Waals surface area contributed by atoms with Gasteiger partial charge in [-0.2, -0.15) is 0 Å². The molecule has 0 aliphatic rings. The Kier molecular flexibility index (Phi) is 6.78. The smallest absolute Gasteiger partial charge is 0.411 e.